The maximum atomic E-state index is 12.3. The van der Waals surface area contributed by atoms with Crippen molar-refractivity contribution in [2.24, 2.45) is 0 Å². The van der Waals surface area contributed by atoms with Crippen LogP contribution in [-0.4, -0.2) is 82.6 Å². The highest BCUT2D eigenvalue weighted by Gasteiger charge is 2.40. The standard InChI is InChI=1S/C29H35N7O2/c1-4-27(37)34-14-15-36(26(18-34)30-2)28-23-16-35(25-12-11-20-8-5-6-10-22(20)25)17-24(23)31-29(32-28)38-19-21-9-7-13-33(21)3/h4-6,8,10,21,25-26H,1,7,9,11-19H2,3H3/t21-,25?,26-/m0/s1. The van der Waals surface area contributed by atoms with Gasteiger partial charge in [0.15, 0.2) is 0 Å². The molecule has 3 aliphatic heterocycles. The number of rotatable bonds is 6. The van der Waals surface area contributed by atoms with Gasteiger partial charge in [-0.3, -0.25) is 19.4 Å². The number of amides is 1. The van der Waals surface area contributed by atoms with Gasteiger partial charge in [0.2, 0.25) is 5.91 Å². The lowest BCUT2D eigenvalue weighted by Gasteiger charge is -2.36. The average Bonchev–Trinajstić information content (AvgIpc) is 3.68. The van der Waals surface area contributed by atoms with Crippen molar-refractivity contribution in [2.75, 3.05) is 44.7 Å². The molecule has 2 fully saturated rings. The molecular formula is C29H35N7O2. The summed E-state index contributed by atoms with van der Waals surface area (Å²) in [4.78, 5) is 34.6. The molecule has 2 aromatic rings. The summed E-state index contributed by atoms with van der Waals surface area (Å²) >= 11 is 0. The fraction of sp³-hybridized carbons (Fsp3) is 0.517. The number of likely N-dealkylation sites (tertiary alicyclic amines) is 1. The van der Waals surface area contributed by atoms with E-state index in [1.165, 1.54) is 23.6 Å². The number of anilines is 1. The number of ether oxygens (including phenoxy) is 1. The molecule has 38 heavy (non-hydrogen) atoms. The highest BCUT2D eigenvalue weighted by Crippen LogP contribution is 2.42. The minimum absolute atomic E-state index is 0.137. The zero-order valence-corrected chi connectivity index (χ0v) is 22.1. The largest absolute Gasteiger partial charge is 0.462 e. The van der Waals surface area contributed by atoms with Crippen LogP contribution in [0.3, 0.4) is 0 Å². The molecule has 4 heterocycles. The number of fused-ring (bicyclic) bond motifs is 2. The number of aryl methyl sites for hydroxylation is 1. The molecule has 198 valence electrons. The topological polar surface area (TPSA) is 69.4 Å². The van der Waals surface area contributed by atoms with Crippen LogP contribution in [0.2, 0.25) is 0 Å². The number of likely N-dealkylation sites (N-methyl/N-ethyl adjacent to an activating group) is 1. The number of aromatic nitrogens is 2. The van der Waals surface area contributed by atoms with Gasteiger partial charge in [-0.25, -0.2) is 6.57 Å². The van der Waals surface area contributed by atoms with Crippen LogP contribution in [0.1, 0.15) is 47.7 Å². The molecular weight excluding hydrogens is 478 g/mol. The van der Waals surface area contributed by atoms with Gasteiger partial charge in [-0.15, -0.1) is 0 Å². The number of hydrogen-bond donors (Lipinski definition) is 0. The summed E-state index contributed by atoms with van der Waals surface area (Å²) in [7, 11) is 2.14. The van der Waals surface area contributed by atoms with Crippen LogP contribution in [0, 0.1) is 6.57 Å². The summed E-state index contributed by atoms with van der Waals surface area (Å²) in [5, 5.41) is 0. The van der Waals surface area contributed by atoms with E-state index in [0.29, 0.717) is 44.3 Å². The van der Waals surface area contributed by atoms with Gasteiger partial charge >= 0.3 is 12.2 Å². The lowest BCUT2D eigenvalue weighted by molar-refractivity contribution is -0.126. The minimum Gasteiger partial charge on any atom is -0.462 e. The molecule has 6 rings (SSSR count). The van der Waals surface area contributed by atoms with E-state index in [-0.39, 0.29) is 5.91 Å². The molecule has 0 saturated carbocycles. The van der Waals surface area contributed by atoms with Gasteiger partial charge in [-0.05, 0) is 56.5 Å². The number of nitrogens with zero attached hydrogens (tertiary/aromatic N) is 7. The van der Waals surface area contributed by atoms with Crippen molar-refractivity contribution < 1.29 is 9.53 Å². The van der Waals surface area contributed by atoms with E-state index in [2.05, 4.69) is 57.4 Å². The van der Waals surface area contributed by atoms with Gasteiger partial charge < -0.3 is 14.5 Å². The molecule has 0 spiro atoms. The second-order valence-corrected chi connectivity index (χ2v) is 10.8. The third-order valence-corrected chi connectivity index (χ3v) is 8.64. The number of carbonyl (C=O) groups excluding carboxylic acids is 1. The first-order valence-corrected chi connectivity index (χ1v) is 13.6. The molecule has 0 N–H and O–H groups in total. The van der Waals surface area contributed by atoms with E-state index in [0.717, 1.165) is 56.0 Å². The zero-order valence-electron chi connectivity index (χ0n) is 22.1. The molecule has 1 unspecified atom stereocenters. The van der Waals surface area contributed by atoms with Gasteiger partial charge in [0.1, 0.15) is 19.0 Å². The maximum absolute atomic E-state index is 12.3. The number of benzene rings is 1. The first-order chi connectivity index (χ1) is 18.6. The monoisotopic (exact) mass is 513 g/mol. The van der Waals surface area contributed by atoms with Gasteiger partial charge in [-0.2, -0.15) is 9.97 Å². The van der Waals surface area contributed by atoms with E-state index in [1.54, 1.807) is 4.90 Å². The van der Waals surface area contributed by atoms with E-state index < -0.39 is 6.17 Å². The molecule has 1 aromatic heterocycles. The number of hydrogen-bond acceptors (Lipinski definition) is 7. The second-order valence-electron chi connectivity index (χ2n) is 10.8. The first kappa shape index (κ1) is 24.8. The lowest BCUT2D eigenvalue weighted by Crippen LogP contribution is -2.54. The van der Waals surface area contributed by atoms with Crippen molar-refractivity contribution in [3.05, 3.63) is 70.7 Å². The molecule has 2 saturated heterocycles. The summed E-state index contributed by atoms with van der Waals surface area (Å²) in [5.41, 5.74) is 4.91. The fourth-order valence-electron chi connectivity index (χ4n) is 6.49. The quantitative estimate of drug-likeness (QED) is 0.435. The van der Waals surface area contributed by atoms with Crippen molar-refractivity contribution in [2.45, 2.75) is 57.0 Å². The average molecular weight is 514 g/mol. The smallest absolute Gasteiger partial charge is 0.318 e. The molecule has 0 bridgehead atoms. The Bertz CT molecular complexity index is 1270. The van der Waals surface area contributed by atoms with Crippen LogP contribution in [0.5, 0.6) is 6.01 Å². The fourth-order valence-corrected chi connectivity index (χ4v) is 6.49. The van der Waals surface area contributed by atoms with Crippen LogP contribution in [0.4, 0.5) is 5.82 Å². The molecule has 9 heteroatoms. The highest BCUT2D eigenvalue weighted by atomic mass is 16.5. The second kappa shape index (κ2) is 10.4. The van der Waals surface area contributed by atoms with Crippen molar-refractivity contribution in [3.8, 4) is 6.01 Å². The Morgan fingerprint density at radius 2 is 2.08 bits per heavy atom. The number of piperazine rings is 1. The Morgan fingerprint density at radius 1 is 1.21 bits per heavy atom. The molecule has 3 atom stereocenters. The zero-order chi connectivity index (χ0) is 26.2. The summed E-state index contributed by atoms with van der Waals surface area (Å²) in [6.45, 7) is 16.0. The SMILES string of the molecule is [C-]#[N+][C@@H]1CN(C(=O)C=C)CCN1c1nc(OC[C@@H]2CCCN2C)nc2c1CN(C1CCc3ccccc31)C2. The lowest BCUT2D eigenvalue weighted by atomic mass is 10.1. The Morgan fingerprint density at radius 3 is 2.87 bits per heavy atom. The molecule has 4 aliphatic rings. The molecule has 1 aromatic carbocycles. The van der Waals surface area contributed by atoms with Crippen LogP contribution < -0.4 is 9.64 Å². The van der Waals surface area contributed by atoms with Crippen molar-refractivity contribution in [1.82, 2.24) is 24.7 Å². The van der Waals surface area contributed by atoms with Crippen LogP contribution in [0.15, 0.2) is 36.9 Å². The first-order valence-electron chi connectivity index (χ1n) is 13.6. The Balaban J connectivity index is 1.30. The van der Waals surface area contributed by atoms with Crippen LogP contribution >= 0.6 is 0 Å². The summed E-state index contributed by atoms with van der Waals surface area (Å²) in [5.74, 6) is 0.646. The van der Waals surface area contributed by atoms with Crippen molar-refractivity contribution >= 4 is 11.7 Å². The molecule has 1 amide bonds. The van der Waals surface area contributed by atoms with E-state index in [9.17, 15) is 4.79 Å². The summed E-state index contributed by atoms with van der Waals surface area (Å²) in [6.07, 6.45) is 5.29. The van der Waals surface area contributed by atoms with Crippen LogP contribution in [0.25, 0.3) is 4.85 Å². The predicted octanol–water partition coefficient (Wildman–Crippen LogP) is 3.03. The molecule has 0 radical (unpaired) electrons. The predicted molar refractivity (Wildman–Crippen MR) is 144 cm³/mol. The molecule has 9 nitrogen and oxygen atoms in total. The highest BCUT2D eigenvalue weighted by molar-refractivity contribution is 5.87. The van der Waals surface area contributed by atoms with Crippen molar-refractivity contribution in [1.29, 1.82) is 0 Å². The van der Waals surface area contributed by atoms with Crippen LogP contribution in [-0.2, 0) is 24.3 Å². The van der Waals surface area contributed by atoms with E-state index in [4.69, 9.17) is 21.3 Å². The van der Waals surface area contributed by atoms with E-state index in [1.807, 2.05) is 0 Å². The number of carbonyl (C=O) groups is 1. The third kappa shape index (κ3) is 4.52. The maximum Gasteiger partial charge on any atom is 0.318 e. The van der Waals surface area contributed by atoms with Crippen molar-refractivity contribution in [3.63, 3.8) is 0 Å². The summed E-state index contributed by atoms with van der Waals surface area (Å²) < 4.78 is 6.22. The van der Waals surface area contributed by atoms with Gasteiger partial charge in [0.25, 0.3) is 0 Å². The summed E-state index contributed by atoms with van der Waals surface area (Å²) in [6, 6.07) is 9.84. The van der Waals surface area contributed by atoms with Gasteiger partial charge in [-0.1, -0.05) is 30.8 Å². The third-order valence-electron chi connectivity index (χ3n) is 8.64. The Labute approximate surface area is 224 Å². The minimum atomic E-state index is -0.512. The Hall–Kier alpha value is -3.48. The Kier molecular flexibility index (Phi) is 6.76. The van der Waals surface area contributed by atoms with E-state index >= 15 is 0 Å². The van der Waals surface area contributed by atoms with Gasteiger partial charge in [0.05, 0.1) is 5.69 Å². The van der Waals surface area contributed by atoms with Gasteiger partial charge in [0, 0.05) is 43.8 Å². The normalized spacial score (nSPS) is 25.2. The molecule has 1 aliphatic carbocycles.